The van der Waals surface area contributed by atoms with Gasteiger partial charge in [-0.2, -0.15) is 0 Å². The van der Waals surface area contributed by atoms with Crippen molar-refractivity contribution in [1.29, 1.82) is 0 Å². The first-order valence-corrected chi connectivity index (χ1v) is 11.4. The molecule has 0 aromatic heterocycles. The van der Waals surface area contributed by atoms with E-state index in [1.165, 1.54) is 38.7 Å². The summed E-state index contributed by atoms with van der Waals surface area (Å²) in [4.78, 5) is 0. The van der Waals surface area contributed by atoms with Crippen molar-refractivity contribution < 1.29 is 0 Å². The molecule has 5 rings (SSSR count). The van der Waals surface area contributed by atoms with Gasteiger partial charge in [-0.3, -0.25) is 0 Å². The van der Waals surface area contributed by atoms with Crippen molar-refractivity contribution in [2.24, 2.45) is 0 Å². The Bertz CT molecular complexity index is 1230. The maximum absolute atomic E-state index is 2.24. The third kappa shape index (κ3) is 4.59. The molecule has 0 nitrogen and oxygen atoms in total. The predicted molar refractivity (Wildman–Crippen MR) is 143 cm³/mol. The van der Waals surface area contributed by atoms with E-state index in [2.05, 4.69) is 152 Å². The lowest BCUT2D eigenvalue weighted by Gasteiger charge is -2.24. The molecule has 0 aliphatic rings. The predicted octanol–water partition coefficient (Wildman–Crippen LogP) is 6.49. The largest absolute Gasteiger partial charge is 0.242 e. The van der Waals surface area contributed by atoms with Gasteiger partial charge in [0.1, 0.15) is 0 Å². The molecule has 0 N–H and O–H groups in total. The van der Waals surface area contributed by atoms with Crippen LogP contribution in [-0.2, 0) is 0 Å². The molecule has 33 heavy (non-hydrogen) atoms. The van der Waals surface area contributed by atoms with E-state index in [0.29, 0.717) is 0 Å². The third-order valence-electron chi connectivity index (χ3n) is 6.03. The molecule has 0 heterocycles. The summed E-state index contributed by atoms with van der Waals surface area (Å²) in [6.45, 7) is 0.0882. The Labute approximate surface area is 197 Å². The number of rotatable bonds is 6. The molecule has 156 valence electrons. The van der Waals surface area contributed by atoms with Gasteiger partial charge in [0, 0.05) is 0 Å². The molecule has 0 aliphatic heterocycles. The highest BCUT2D eigenvalue weighted by molar-refractivity contribution is 7.00. The van der Waals surface area contributed by atoms with Gasteiger partial charge in [0.25, 0.3) is 0 Å². The van der Waals surface area contributed by atoms with Gasteiger partial charge in [-0.05, 0) is 22.3 Å². The Hall–Kier alpha value is -4.10. The Morgan fingerprint density at radius 1 is 0.333 bits per heavy atom. The highest BCUT2D eigenvalue weighted by Gasteiger charge is 2.28. The van der Waals surface area contributed by atoms with Gasteiger partial charge in [0.05, 0.1) is 0 Å². The van der Waals surface area contributed by atoms with E-state index in [-0.39, 0.29) is 6.71 Å². The second-order valence-corrected chi connectivity index (χ2v) is 8.14. The summed E-state index contributed by atoms with van der Waals surface area (Å²) >= 11 is 0. The van der Waals surface area contributed by atoms with Crippen LogP contribution in [0.15, 0.2) is 152 Å². The average molecular weight is 420 g/mol. The molecule has 0 bridgehead atoms. The van der Waals surface area contributed by atoms with Gasteiger partial charge in [-0.25, -0.2) is 0 Å². The fraction of sp³-hybridized carbons (Fsp3) is 0. The molecule has 0 unspecified atom stereocenters. The van der Waals surface area contributed by atoms with Crippen molar-refractivity contribution >= 4 is 28.7 Å². The van der Waals surface area contributed by atoms with Crippen LogP contribution in [0.2, 0.25) is 0 Å². The van der Waals surface area contributed by atoms with Gasteiger partial charge >= 0.3 is 0 Å². The molecule has 0 saturated heterocycles. The molecule has 0 spiro atoms. The van der Waals surface area contributed by atoms with Gasteiger partial charge < -0.3 is 0 Å². The smallest absolute Gasteiger partial charge is 0.0686 e. The highest BCUT2D eigenvalue weighted by Crippen LogP contribution is 2.34. The van der Waals surface area contributed by atoms with Crippen LogP contribution in [0.4, 0.5) is 0 Å². The zero-order valence-electron chi connectivity index (χ0n) is 18.5. The summed E-state index contributed by atoms with van der Waals surface area (Å²) in [5.41, 5.74) is 8.82. The van der Waals surface area contributed by atoms with Crippen molar-refractivity contribution in [2.75, 3.05) is 0 Å². The van der Waals surface area contributed by atoms with Crippen LogP contribution in [-0.4, -0.2) is 6.71 Å². The van der Waals surface area contributed by atoms with E-state index in [1.54, 1.807) is 0 Å². The van der Waals surface area contributed by atoms with Gasteiger partial charge in [-0.15, -0.1) is 0 Å². The third-order valence-corrected chi connectivity index (χ3v) is 6.03. The van der Waals surface area contributed by atoms with E-state index in [1.807, 2.05) is 0 Å². The van der Waals surface area contributed by atoms with E-state index < -0.39 is 0 Å². The summed E-state index contributed by atoms with van der Waals surface area (Å²) in [5.74, 6) is 0. The van der Waals surface area contributed by atoms with Crippen molar-refractivity contribution in [3.63, 3.8) is 0 Å². The van der Waals surface area contributed by atoms with E-state index in [4.69, 9.17) is 0 Å². The summed E-state index contributed by atoms with van der Waals surface area (Å²) in [7, 11) is 0. The van der Waals surface area contributed by atoms with Gasteiger partial charge in [0.2, 0.25) is 6.71 Å². The lowest BCUT2D eigenvalue weighted by Crippen LogP contribution is -2.44. The van der Waals surface area contributed by atoms with E-state index in [0.717, 1.165) is 0 Å². The maximum Gasteiger partial charge on any atom is 0.242 e. The van der Waals surface area contributed by atoms with Crippen molar-refractivity contribution in [3.8, 4) is 0 Å². The molecule has 0 atom stereocenters. The number of hydrogen-bond acceptors (Lipinski definition) is 0. The first kappa shape index (κ1) is 20.8. The van der Waals surface area contributed by atoms with Crippen LogP contribution in [0.5, 0.6) is 0 Å². The Morgan fingerprint density at radius 2 is 0.636 bits per heavy atom. The minimum absolute atomic E-state index is 0.0882. The van der Waals surface area contributed by atoms with Crippen molar-refractivity contribution in [2.45, 2.75) is 0 Å². The van der Waals surface area contributed by atoms with Crippen molar-refractivity contribution in [1.82, 2.24) is 0 Å². The van der Waals surface area contributed by atoms with Crippen LogP contribution >= 0.6 is 0 Å². The lowest BCUT2D eigenvalue weighted by molar-refractivity contribution is 1.54. The minimum atomic E-state index is 0.0882. The van der Waals surface area contributed by atoms with Crippen molar-refractivity contribution in [3.05, 3.63) is 168 Å². The van der Waals surface area contributed by atoms with Crippen LogP contribution in [0.1, 0.15) is 16.7 Å². The van der Waals surface area contributed by atoms with Gasteiger partial charge in [0.15, 0.2) is 0 Å². The molecule has 0 aliphatic carbocycles. The summed E-state index contributed by atoms with van der Waals surface area (Å²) < 4.78 is 0. The van der Waals surface area contributed by atoms with Crippen LogP contribution in [0.25, 0.3) is 11.0 Å². The molecule has 0 fully saturated rings. The first-order valence-electron chi connectivity index (χ1n) is 11.4. The van der Waals surface area contributed by atoms with E-state index >= 15 is 0 Å². The molecule has 1 heteroatoms. The maximum atomic E-state index is 2.24. The summed E-state index contributed by atoms with van der Waals surface area (Å²) in [6, 6.07) is 54.1. The zero-order chi connectivity index (χ0) is 22.3. The molecule has 5 aromatic carbocycles. The second-order valence-electron chi connectivity index (χ2n) is 8.14. The number of benzene rings is 5. The topological polar surface area (TPSA) is 0 Å². The standard InChI is InChI=1S/C32H25B/c1-6-16-26(17-7-1)31(27-18-8-2-9-19-27)32(28-20-10-3-11-21-28)33(29-22-12-4-13-23-29)30-24-14-5-15-25-30/h1-25H. The highest BCUT2D eigenvalue weighted by atomic mass is 14.2. The quantitative estimate of drug-likeness (QED) is 0.217. The molecule has 5 aromatic rings. The fourth-order valence-electron chi connectivity index (χ4n) is 4.58. The molecule has 0 amide bonds. The first-order chi connectivity index (χ1) is 16.4. The molecule has 0 saturated carbocycles. The second kappa shape index (κ2) is 10.0. The normalized spacial score (nSPS) is 10.4. The summed E-state index contributed by atoms with van der Waals surface area (Å²) in [6.07, 6.45) is 0. The monoisotopic (exact) mass is 420 g/mol. The van der Waals surface area contributed by atoms with E-state index in [9.17, 15) is 0 Å². The average Bonchev–Trinajstić information content (AvgIpc) is 2.91. The Morgan fingerprint density at radius 3 is 1.00 bits per heavy atom. The fourth-order valence-corrected chi connectivity index (χ4v) is 4.58. The Kier molecular flexibility index (Phi) is 6.31. The van der Waals surface area contributed by atoms with Crippen LogP contribution < -0.4 is 10.9 Å². The molecular formula is C32H25B. The molecular weight excluding hydrogens is 395 g/mol. The minimum Gasteiger partial charge on any atom is -0.0686 e. The summed E-state index contributed by atoms with van der Waals surface area (Å²) in [5, 5.41) is 0. The number of hydrogen-bond donors (Lipinski definition) is 0. The van der Waals surface area contributed by atoms with Gasteiger partial charge in [-0.1, -0.05) is 168 Å². The van der Waals surface area contributed by atoms with Crippen LogP contribution in [0, 0.1) is 0 Å². The lowest BCUT2D eigenvalue weighted by atomic mass is 9.34. The SMILES string of the molecule is c1ccc(B(C(=C(c2ccccc2)c2ccccc2)c2ccccc2)c2ccccc2)cc1. The Balaban J connectivity index is 1.91. The zero-order valence-corrected chi connectivity index (χ0v) is 18.5. The molecule has 0 radical (unpaired) electrons. The van der Waals surface area contributed by atoms with Crippen LogP contribution in [0.3, 0.4) is 0 Å².